The molecule has 2 amide bonds. The number of fused-ring (bicyclic) bond motifs is 1. The number of thioether (sulfide) groups is 1. The fourth-order valence-electron chi connectivity index (χ4n) is 3.28. The van der Waals surface area contributed by atoms with Crippen molar-refractivity contribution >= 4 is 29.4 Å². The van der Waals surface area contributed by atoms with Crippen LogP contribution in [0.15, 0.2) is 28.2 Å². The lowest BCUT2D eigenvalue weighted by Gasteiger charge is -2.27. The summed E-state index contributed by atoms with van der Waals surface area (Å²) < 4.78 is 12.7. The molecule has 0 fully saturated rings. The molecule has 1 aromatic carbocycles. The summed E-state index contributed by atoms with van der Waals surface area (Å²) in [6.45, 7) is 1.91. The molecule has 3 N–H and O–H groups in total. The van der Waals surface area contributed by atoms with Gasteiger partial charge in [0.25, 0.3) is 11.5 Å². The van der Waals surface area contributed by atoms with Gasteiger partial charge in [-0.15, -0.1) is 0 Å². The normalized spacial score (nSPS) is 15.4. The van der Waals surface area contributed by atoms with Crippen LogP contribution in [0.1, 0.15) is 30.4 Å². The highest BCUT2D eigenvalue weighted by molar-refractivity contribution is 7.98. The van der Waals surface area contributed by atoms with Gasteiger partial charge in [0, 0.05) is 19.4 Å². The van der Waals surface area contributed by atoms with Gasteiger partial charge >= 0.3 is 0 Å². The molecule has 3 rings (SSSR count). The highest BCUT2D eigenvalue weighted by Crippen LogP contribution is 2.39. The Kier molecular flexibility index (Phi) is 6.12. The van der Waals surface area contributed by atoms with Crippen LogP contribution in [0.5, 0.6) is 11.5 Å². The quantitative estimate of drug-likeness (QED) is 0.512. The number of nitrogens with one attached hydrogen (secondary N) is 1. The number of anilines is 1. The maximum absolute atomic E-state index is 12.7. The summed E-state index contributed by atoms with van der Waals surface area (Å²) in [7, 11) is 1.76. The third kappa shape index (κ3) is 4.21. The van der Waals surface area contributed by atoms with Crippen molar-refractivity contribution in [3.63, 3.8) is 0 Å². The fraction of sp³-hybridized carbons (Fsp3) is 0.368. The number of carbonyl (C=O) groups is 2. The average Bonchev–Trinajstić information content (AvgIpc) is 2.69. The van der Waals surface area contributed by atoms with E-state index in [0.29, 0.717) is 40.2 Å². The van der Waals surface area contributed by atoms with E-state index in [4.69, 9.17) is 15.2 Å². The molecule has 0 spiro atoms. The SMILES string of the molecule is CCOc1cc([C@H]2CC(=O)Nc3c2c(=O)nc(SC)n3C)ccc1OCC(N)=O. The van der Waals surface area contributed by atoms with Crippen LogP contribution in [0.4, 0.5) is 5.82 Å². The summed E-state index contributed by atoms with van der Waals surface area (Å²) in [4.78, 5) is 40.3. The van der Waals surface area contributed by atoms with Crippen LogP contribution in [0.25, 0.3) is 0 Å². The third-order valence-corrected chi connectivity index (χ3v) is 5.25. The second-order valence-corrected chi connectivity index (χ2v) is 7.20. The molecular weight excluding hydrogens is 396 g/mol. The first-order chi connectivity index (χ1) is 13.8. The molecular formula is C19H22N4O5S. The van der Waals surface area contributed by atoms with E-state index >= 15 is 0 Å². The first kappa shape index (κ1) is 20.7. The van der Waals surface area contributed by atoms with Gasteiger partial charge in [0.05, 0.1) is 12.2 Å². The van der Waals surface area contributed by atoms with Crippen molar-refractivity contribution in [3.05, 3.63) is 39.7 Å². The van der Waals surface area contributed by atoms with E-state index in [0.717, 1.165) is 0 Å². The molecule has 1 aliphatic heterocycles. The van der Waals surface area contributed by atoms with Crippen molar-refractivity contribution in [1.82, 2.24) is 9.55 Å². The first-order valence-corrected chi connectivity index (χ1v) is 10.2. The maximum Gasteiger partial charge on any atom is 0.279 e. The minimum atomic E-state index is -0.603. The van der Waals surface area contributed by atoms with Gasteiger partial charge in [-0.1, -0.05) is 17.8 Å². The largest absolute Gasteiger partial charge is 0.490 e. The highest BCUT2D eigenvalue weighted by atomic mass is 32.2. The fourth-order valence-corrected chi connectivity index (χ4v) is 3.82. The molecule has 0 aliphatic carbocycles. The summed E-state index contributed by atoms with van der Waals surface area (Å²) in [5.74, 6) is -0.0628. The summed E-state index contributed by atoms with van der Waals surface area (Å²) in [6.07, 6.45) is 1.92. The standard InChI is InChI=1S/C19H22N4O5S/c1-4-27-13-7-10(5-6-12(13)28-9-14(20)24)11-8-15(25)21-17-16(11)18(26)22-19(29-3)23(17)2/h5-7,11H,4,8-9H2,1-3H3,(H2,20,24)(H,21,25)/t11-/m1/s1. The Labute approximate surface area is 171 Å². The Morgan fingerprint density at radius 1 is 1.34 bits per heavy atom. The number of benzene rings is 1. The molecule has 154 valence electrons. The molecule has 0 unspecified atom stereocenters. The number of hydrogen-bond donors (Lipinski definition) is 2. The van der Waals surface area contributed by atoms with Gasteiger partial charge in [-0.25, -0.2) is 0 Å². The molecule has 10 heteroatoms. The van der Waals surface area contributed by atoms with Crippen LogP contribution >= 0.6 is 11.8 Å². The van der Waals surface area contributed by atoms with Gasteiger partial charge in [0.1, 0.15) is 5.82 Å². The Balaban J connectivity index is 2.09. The number of rotatable bonds is 7. The zero-order valence-electron chi connectivity index (χ0n) is 16.4. The van der Waals surface area contributed by atoms with E-state index in [2.05, 4.69) is 10.3 Å². The highest BCUT2D eigenvalue weighted by Gasteiger charge is 2.32. The average molecular weight is 418 g/mol. The zero-order chi connectivity index (χ0) is 21.1. The van der Waals surface area contributed by atoms with E-state index in [1.165, 1.54) is 11.8 Å². The molecule has 0 saturated carbocycles. The van der Waals surface area contributed by atoms with Crippen molar-refractivity contribution < 1.29 is 19.1 Å². The van der Waals surface area contributed by atoms with Gasteiger partial charge in [-0.2, -0.15) is 4.98 Å². The molecule has 1 atom stereocenters. The number of primary amides is 1. The second kappa shape index (κ2) is 8.56. The van der Waals surface area contributed by atoms with Crippen molar-refractivity contribution in [2.45, 2.75) is 24.4 Å². The Hall–Kier alpha value is -3.01. The summed E-state index contributed by atoms with van der Waals surface area (Å²) in [5, 5.41) is 3.30. The first-order valence-electron chi connectivity index (χ1n) is 8.98. The summed E-state index contributed by atoms with van der Waals surface area (Å²) >= 11 is 1.33. The summed E-state index contributed by atoms with van der Waals surface area (Å²) in [5.41, 5.74) is 5.91. The predicted octanol–water partition coefficient (Wildman–Crippen LogP) is 1.24. The van der Waals surface area contributed by atoms with E-state index in [9.17, 15) is 14.4 Å². The number of nitrogens with two attached hydrogens (primary N) is 1. The van der Waals surface area contributed by atoms with Crippen molar-refractivity contribution in [2.24, 2.45) is 12.8 Å². The van der Waals surface area contributed by atoms with Crippen molar-refractivity contribution in [3.8, 4) is 11.5 Å². The van der Waals surface area contributed by atoms with Crippen molar-refractivity contribution in [1.29, 1.82) is 0 Å². The molecule has 0 saturated heterocycles. The molecule has 0 bridgehead atoms. The van der Waals surface area contributed by atoms with E-state index < -0.39 is 11.8 Å². The predicted molar refractivity (Wildman–Crippen MR) is 109 cm³/mol. The number of hydrogen-bond acceptors (Lipinski definition) is 7. The molecule has 0 radical (unpaired) electrons. The van der Waals surface area contributed by atoms with Crippen LogP contribution in [0, 0.1) is 0 Å². The number of carbonyl (C=O) groups excluding carboxylic acids is 2. The lowest BCUT2D eigenvalue weighted by Crippen LogP contribution is -2.33. The topological polar surface area (TPSA) is 126 Å². The molecule has 9 nitrogen and oxygen atoms in total. The summed E-state index contributed by atoms with van der Waals surface area (Å²) in [6, 6.07) is 5.10. The van der Waals surface area contributed by atoms with Gasteiger partial charge in [0.2, 0.25) is 5.91 Å². The van der Waals surface area contributed by atoms with Crippen molar-refractivity contribution in [2.75, 3.05) is 24.8 Å². The molecule has 29 heavy (non-hydrogen) atoms. The monoisotopic (exact) mass is 418 g/mol. The molecule has 1 aromatic heterocycles. The van der Waals surface area contributed by atoms with Crippen LogP contribution in [-0.2, 0) is 16.6 Å². The van der Waals surface area contributed by atoms with Crippen LogP contribution in [0.2, 0.25) is 0 Å². The van der Waals surface area contributed by atoms with E-state index in [1.807, 2.05) is 13.2 Å². The second-order valence-electron chi connectivity index (χ2n) is 6.42. The number of amides is 2. The number of nitrogens with zero attached hydrogens (tertiary/aromatic N) is 2. The number of ether oxygens (including phenoxy) is 2. The lowest BCUT2D eigenvalue weighted by atomic mass is 9.86. The van der Waals surface area contributed by atoms with Gasteiger partial charge in [-0.05, 0) is 30.9 Å². The Bertz CT molecular complexity index is 1020. The molecule has 2 heterocycles. The molecule has 1 aliphatic rings. The minimum Gasteiger partial charge on any atom is -0.490 e. The van der Waals surface area contributed by atoms with E-state index in [-0.39, 0.29) is 24.5 Å². The van der Waals surface area contributed by atoms with E-state index in [1.54, 1.807) is 29.8 Å². The van der Waals surface area contributed by atoms with Gasteiger partial charge in [0.15, 0.2) is 23.3 Å². The smallest absolute Gasteiger partial charge is 0.279 e. The molecule has 2 aromatic rings. The minimum absolute atomic E-state index is 0.107. The lowest BCUT2D eigenvalue weighted by molar-refractivity contribution is -0.120. The van der Waals surface area contributed by atoms with Gasteiger partial charge in [-0.3, -0.25) is 14.4 Å². The maximum atomic E-state index is 12.7. The Morgan fingerprint density at radius 2 is 2.10 bits per heavy atom. The van der Waals surface area contributed by atoms with Crippen LogP contribution in [-0.4, -0.2) is 40.8 Å². The third-order valence-electron chi connectivity index (χ3n) is 4.52. The number of aromatic nitrogens is 2. The van der Waals surface area contributed by atoms with Crippen LogP contribution < -0.4 is 26.1 Å². The van der Waals surface area contributed by atoms with Gasteiger partial charge < -0.3 is 25.1 Å². The van der Waals surface area contributed by atoms with Crippen LogP contribution in [0.3, 0.4) is 0 Å². The zero-order valence-corrected chi connectivity index (χ0v) is 17.2. The Morgan fingerprint density at radius 3 is 2.76 bits per heavy atom.